The number of piperidine rings is 1. The van der Waals surface area contributed by atoms with Crippen molar-refractivity contribution < 1.29 is 0 Å². The average Bonchev–Trinajstić information content (AvgIpc) is 2.67. The summed E-state index contributed by atoms with van der Waals surface area (Å²) in [5, 5.41) is 0. The minimum atomic E-state index is 0.883. The predicted molar refractivity (Wildman–Crippen MR) is 68.0 cm³/mol. The van der Waals surface area contributed by atoms with E-state index in [2.05, 4.69) is 25.8 Å². The number of hydrogen-bond acceptors (Lipinski definition) is 1. The summed E-state index contributed by atoms with van der Waals surface area (Å²) in [6, 6.07) is 0. The highest BCUT2D eigenvalue weighted by molar-refractivity contribution is 4.90. The van der Waals surface area contributed by atoms with Crippen LogP contribution in [0, 0.1) is 23.7 Å². The van der Waals surface area contributed by atoms with Gasteiger partial charge in [-0.1, -0.05) is 34.1 Å². The Hall–Kier alpha value is -0.0400. The molecule has 15 heavy (non-hydrogen) atoms. The van der Waals surface area contributed by atoms with Crippen LogP contribution in [0.25, 0.3) is 0 Å². The molecule has 0 spiro atoms. The van der Waals surface area contributed by atoms with E-state index in [1.165, 1.54) is 32.4 Å². The molecule has 0 aromatic carbocycles. The summed E-state index contributed by atoms with van der Waals surface area (Å²) < 4.78 is 0. The van der Waals surface area contributed by atoms with Gasteiger partial charge >= 0.3 is 0 Å². The number of rotatable bonds is 1. The summed E-state index contributed by atoms with van der Waals surface area (Å²) in [7, 11) is 2.30. The van der Waals surface area contributed by atoms with Gasteiger partial charge in [-0.2, -0.15) is 0 Å². The van der Waals surface area contributed by atoms with E-state index < -0.39 is 0 Å². The van der Waals surface area contributed by atoms with Crippen molar-refractivity contribution in [1.29, 1.82) is 0 Å². The first-order valence-electron chi connectivity index (χ1n) is 6.87. The first kappa shape index (κ1) is 13.0. The van der Waals surface area contributed by atoms with Gasteiger partial charge in [0.15, 0.2) is 0 Å². The highest BCUT2D eigenvalue weighted by Crippen LogP contribution is 2.43. The molecule has 1 saturated heterocycles. The second kappa shape index (κ2) is 5.89. The van der Waals surface area contributed by atoms with Crippen LogP contribution in [-0.4, -0.2) is 25.0 Å². The first-order valence-corrected chi connectivity index (χ1v) is 6.87. The molecule has 0 aromatic rings. The highest BCUT2D eigenvalue weighted by Gasteiger charge is 2.39. The van der Waals surface area contributed by atoms with Crippen LogP contribution >= 0.6 is 0 Å². The van der Waals surface area contributed by atoms with E-state index in [1.807, 2.05) is 13.8 Å². The second-order valence-corrected chi connectivity index (χ2v) is 5.48. The Balaban J connectivity index is 0.000000531. The van der Waals surface area contributed by atoms with E-state index >= 15 is 0 Å². The molecule has 2 fully saturated rings. The Kier molecular flexibility index (Phi) is 5.11. The largest absolute Gasteiger partial charge is 0.306 e. The zero-order chi connectivity index (χ0) is 11.4. The fourth-order valence-corrected chi connectivity index (χ4v) is 3.53. The fraction of sp³-hybridized carbons (Fsp3) is 1.00. The fourth-order valence-electron chi connectivity index (χ4n) is 3.53. The van der Waals surface area contributed by atoms with Gasteiger partial charge in [-0.05, 0) is 43.6 Å². The Bertz CT molecular complexity index is 176. The van der Waals surface area contributed by atoms with Gasteiger partial charge in [0.2, 0.25) is 0 Å². The summed E-state index contributed by atoms with van der Waals surface area (Å²) in [5.41, 5.74) is 0. The maximum Gasteiger partial charge on any atom is 0.00119 e. The first-order chi connectivity index (χ1) is 7.18. The SMILES string of the molecule is CC.CC(C)C1CN(C)CC2CCCC21. The number of fused-ring (bicyclic) bond motifs is 1. The van der Waals surface area contributed by atoms with E-state index in [-0.39, 0.29) is 0 Å². The Morgan fingerprint density at radius 1 is 1.07 bits per heavy atom. The highest BCUT2D eigenvalue weighted by atomic mass is 15.1. The van der Waals surface area contributed by atoms with Crippen molar-refractivity contribution in [1.82, 2.24) is 4.90 Å². The van der Waals surface area contributed by atoms with Crippen molar-refractivity contribution in [2.75, 3.05) is 20.1 Å². The van der Waals surface area contributed by atoms with Gasteiger partial charge in [0, 0.05) is 13.1 Å². The standard InChI is InChI=1S/C12H23N.C2H6/c1-9(2)12-8-13(3)7-10-5-4-6-11(10)12;1-2/h9-12H,4-8H2,1-3H3;1-2H3. The van der Waals surface area contributed by atoms with Crippen LogP contribution in [0.15, 0.2) is 0 Å². The smallest absolute Gasteiger partial charge is 0.00119 e. The molecule has 2 aliphatic rings. The van der Waals surface area contributed by atoms with E-state index in [1.54, 1.807) is 0 Å². The maximum atomic E-state index is 2.55. The Morgan fingerprint density at radius 3 is 2.33 bits per heavy atom. The lowest BCUT2D eigenvalue weighted by Gasteiger charge is -2.41. The van der Waals surface area contributed by atoms with Crippen molar-refractivity contribution in [3.8, 4) is 0 Å². The minimum absolute atomic E-state index is 0.883. The summed E-state index contributed by atoms with van der Waals surface area (Å²) in [6.07, 6.45) is 4.51. The average molecular weight is 211 g/mol. The molecule has 0 amide bonds. The number of nitrogens with zero attached hydrogens (tertiary/aromatic N) is 1. The third-order valence-electron chi connectivity index (χ3n) is 4.19. The molecular formula is C14H29N. The molecule has 90 valence electrons. The summed E-state index contributed by atoms with van der Waals surface area (Å²) >= 11 is 0. The zero-order valence-electron chi connectivity index (χ0n) is 11.3. The number of likely N-dealkylation sites (tertiary alicyclic amines) is 1. The Morgan fingerprint density at radius 2 is 1.73 bits per heavy atom. The van der Waals surface area contributed by atoms with Crippen molar-refractivity contribution in [3.63, 3.8) is 0 Å². The zero-order valence-corrected chi connectivity index (χ0v) is 11.3. The molecule has 2 rings (SSSR count). The van der Waals surface area contributed by atoms with Crippen LogP contribution in [0.4, 0.5) is 0 Å². The molecule has 1 heterocycles. The lowest BCUT2D eigenvalue weighted by molar-refractivity contribution is 0.0709. The molecular weight excluding hydrogens is 182 g/mol. The van der Waals surface area contributed by atoms with Gasteiger partial charge in [-0.3, -0.25) is 0 Å². The predicted octanol–water partition coefficient (Wildman–Crippen LogP) is 3.65. The van der Waals surface area contributed by atoms with Crippen LogP contribution in [-0.2, 0) is 0 Å². The van der Waals surface area contributed by atoms with E-state index in [4.69, 9.17) is 0 Å². The van der Waals surface area contributed by atoms with Crippen LogP contribution in [0.2, 0.25) is 0 Å². The Labute approximate surface area is 96.2 Å². The molecule has 1 saturated carbocycles. The van der Waals surface area contributed by atoms with Crippen LogP contribution in [0.1, 0.15) is 47.0 Å². The molecule has 1 heteroatoms. The lowest BCUT2D eigenvalue weighted by Crippen LogP contribution is -2.44. The topological polar surface area (TPSA) is 3.24 Å². The van der Waals surface area contributed by atoms with Gasteiger partial charge in [-0.15, -0.1) is 0 Å². The quantitative estimate of drug-likeness (QED) is 0.640. The monoisotopic (exact) mass is 211 g/mol. The van der Waals surface area contributed by atoms with Crippen LogP contribution < -0.4 is 0 Å². The molecule has 3 unspecified atom stereocenters. The lowest BCUT2D eigenvalue weighted by atomic mass is 9.74. The van der Waals surface area contributed by atoms with Crippen molar-refractivity contribution >= 4 is 0 Å². The molecule has 3 atom stereocenters. The van der Waals surface area contributed by atoms with Gasteiger partial charge in [0.05, 0.1) is 0 Å². The summed E-state index contributed by atoms with van der Waals surface area (Å²) in [5.74, 6) is 3.96. The number of hydrogen-bond donors (Lipinski definition) is 0. The van der Waals surface area contributed by atoms with Gasteiger partial charge in [-0.25, -0.2) is 0 Å². The maximum absolute atomic E-state index is 2.55. The van der Waals surface area contributed by atoms with Crippen molar-refractivity contribution in [2.24, 2.45) is 23.7 Å². The van der Waals surface area contributed by atoms with Gasteiger partial charge in [0.1, 0.15) is 0 Å². The molecule has 0 radical (unpaired) electrons. The van der Waals surface area contributed by atoms with E-state index in [0.717, 1.165) is 23.7 Å². The van der Waals surface area contributed by atoms with Crippen LogP contribution in [0.3, 0.4) is 0 Å². The van der Waals surface area contributed by atoms with E-state index in [0.29, 0.717) is 0 Å². The van der Waals surface area contributed by atoms with Crippen LogP contribution in [0.5, 0.6) is 0 Å². The van der Waals surface area contributed by atoms with Crippen molar-refractivity contribution in [3.05, 3.63) is 0 Å². The summed E-state index contributed by atoms with van der Waals surface area (Å²) in [4.78, 5) is 2.55. The van der Waals surface area contributed by atoms with Gasteiger partial charge < -0.3 is 4.90 Å². The molecule has 1 nitrogen and oxygen atoms in total. The summed E-state index contributed by atoms with van der Waals surface area (Å²) in [6.45, 7) is 11.5. The molecule has 0 N–H and O–H groups in total. The van der Waals surface area contributed by atoms with Crippen molar-refractivity contribution in [2.45, 2.75) is 47.0 Å². The molecule has 0 aromatic heterocycles. The third kappa shape index (κ3) is 2.96. The van der Waals surface area contributed by atoms with E-state index in [9.17, 15) is 0 Å². The van der Waals surface area contributed by atoms with Gasteiger partial charge in [0.25, 0.3) is 0 Å². The third-order valence-corrected chi connectivity index (χ3v) is 4.19. The second-order valence-electron chi connectivity index (χ2n) is 5.48. The molecule has 0 bridgehead atoms. The molecule has 1 aliphatic heterocycles. The minimum Gasteiger partial charge on any atom is -0.306 e. The normalized spacial score (nSPS) is 36.0. The molecule has 1 aliphatic carbocycles.